The van der Waals surface area contributed by atoms with Gasteiger partial charge in [-0.25, -0.2) is 0 Å². The molecule has 0 radical (unpaired) electrons. The number of carbonyl (C=O) groups excluding carboxylic acids is 2. The van der Waals surface area contributed by atoms with Crippen molar-refractivity contribution in [3.05, 3.63) is 63.7 Å². The van der Waals surface area contributed by atoms with Crippen molar-refractivity contribution >= 4 is 28.9 Å². The Morgan fingerprint density at radius 1 is 1.23 bits per heavy atom. The minimum atomic E-state index is -0.497. The first kappa shape index (κ1) is 17.6. The van der Waals surface area contributed by atoms with Crippen molar-refractivity contribution in [2.75, 3.05) is 16.8 Å². The monoisotopic (exact) mass is 353 g/mol. The predicted octanol–water partition coefficient (Wildman–Crippen LogP) is 3.20. The van der Waals surface area contributed by atoms with E-state index in [4.69, 9.17) is 0 Å². The number of hydrogen-bond donors (Lipinski definition) is 1. The maximum atomic E-state index is 12.5. The number of benzene rings is 2. The number of hydrogen-bond acceptors (Lipinski definition) is 4. The molecular weight excluding hydrogens is 334 g/mol. The normalized spacial score (nSPS) is 16.6. The number of nitro groups is 1. The van der Waals surface area contributed by atoms with Gasteiger partial charge in [-0.3, -0.25) is 19.7 Å². The van der Waals surface area contributed by atoms with E-state index in [2.05, 4.69) is 5.32 Å². The van der Waals surface area contributed by atoms with Crippen molar-refractivity contribution in [2.24, 2.45) is 5.92 Å². The third-order valence-corrected chi connectivity index (χ3v) is 4.48. The Balaban J connectivity index is 1.72. The van der Waals surface area contributed by atoms with Crippen LogP contribution in [0.25, 0.3) is 0 Å². The van der Waals surface area contributed by atoms with E-state index in [1.165, 1.54) is 6.07 Å². The number of amides is 2. The van der Waals surface area contributed by atoms with Gasteiger partial charge < -0.3 is 10.2 Å². The lowest BCUT2D eigenvalue weighted by Gasteiger charge is -2.17. The Morgan fingerprint density at radius 2 is 2.00 bits per heavy atom. The van der Waals surface area contributed by atoms with Crippen LogP contribution in [0.2, 0.25) is 0 Å². The van der Waals surface area contributed by atoms with Crippen LogP contribution in [0, 0.1) is 29.9 Å². The van der Waals surface area contributed by atoms with Gasteiger partial charge in [-0.15, -0.1) is 0 Å². The van der Waals surface area contributed by atoms with Gasteiger partial charge in [0.25, 0.3) is 5.69 Å². The quantitative estimate of drug-likeness (QED) is 0.675. The predicted molar refractivity (Wildman–Crippen MR) is 98.1 cm³/mol. The summed E-state index contributed by atoms with van der Waals surface area (Å²) in [6, 6.07) is 12.1. The topological polar surface area (TPSA) is 92.6 Å². The summed E-state index contributed by atoms with van der Waals surface area (Å²) < 4.78 is 0. The SMILES string of the molecule is Cc1cccc(N2C[C@H](C(=O)Nc3ccc(C)c([N+](=O)[O-])c3)CC2=O)c1. The van der Waals surface area contributed by atoms with Gasteiger partial charge in [-0.1, -0.05) is 18.2 Å². The second kappa shape index (κ2) is 6.95. The Kier molecular flexibility index (Phi) is 4.71. The van der Waals surface area contributed by atoms with E-state index in [1.54, 1.807) is 24.0 Å². The van der Waals surface area contributed by atoms with E-state index in [9.17, 15) is 19.7 Å². The average Bonchev–Trinajstić information content (AvgIpc) is 2.98. The molecule has 1 saturated heterocycles. The van der Waals surface area contributed by atoms with Crippen LogP contribution in [-0.2, 0) is 9.59 Å². The molecule has 0 unspecified atom stereocenters. The number of aryl methyl sites for hydroxylation is 2. The Bertz CT molecular complexity index is 894. The van der Waals surface area contributed by atoms with Crippen LogP contribution >= 0.6 is 0 Å². The molecule has 2 aromatic rings. The molecule has 0 spiro atoms. The molecule has 1 atom stereocenters. The van der Waals surface area contributed by atoms with Gasteiger partial charge >= 0.3 is 0 Å². The van der Waals surface area contributed by atoms with E-state index in [1.807, 2.05) is 31.2 Å². The fraction of sp³-hybridized carbons (Fsp3) is 0.263. The summed E-state index contributed by atoms with van der Waals surface area (Å²) in [5.74, 6) is -0.916. The van der Waals surface area contributed by atoms with Crippen LogP contribution in [0.15, 0.2) is 42.5 Å². The van der Waals surface area contributed by atoms with Crippen LogP contribution in [0.1, 0.15) is 17.5 Å². The maximum absolute atomic E-state index is 12.5. The Hall–Kier alpha value is -3.22. The number of anilines is 2. The van der Waals surface area contributed by atoms with E-state index < -0.39 is 10.8 Å². The van der Waals surface area contributed by atoms with Crippen LogP contribution < -0.4 is 10.2 Å². The molecule has 2 aromatic carbocycles. The number of nitrogens with zero attached hydrogens (tertiary/aromatic N) is 2. The maximum Gasteiger partial charge on any atom is 0.274 e. The van der Waals surface area contributed by atoms with Crippen molar-refractivity contribution in [1.29, 1.82) is 0 Å². The Labute approximate surface area is 150 Å². The van der Waals surface area contributed by atoms with Crippen molar-refractivity contribution in [2.45, 2.75) is 20.3 Å². The fourth-order valence-electron chi connectivity index (χ4n) is 3.06. The molecule has 1 N–H and O–H groups in total. The van der Waals surface area contributed by atoms with Gasteiger partial charge in [-0.05, 0) is 37.6 Å². The summed E-state index contributed by atoms with van der Waals surface area (Å²) >= 11 is 0. The summed E-state index contributed by atoms with van der Waals surface area (Å²) in [4.78, 5) is 37.0. The lowest BCUT2D eigenvalue weighted by molar-refractivity contribution is -0.385. The van der Waals surface area contributed by atoms with E-state index in [-0.39, 0.29) is 23.9 Å². The third-order valence-electron chi connectivity index (χ3n) is 4.48. The van der Waals surface area contributed by atoms with Crippen LogP contribution in [0.4, 0.5) is 17.1 Å². The summed E-state index contributed by atoms with van der Waals surface area (Å²) in [6.45, 7) is 3.87. The highest BCUT2D eigenvalue weighted by molar-refractivity contribution is 6.03. The lowest BCUT2D eigenvalue weighted by atomic mass is 10.1. The molecule has 1 fully saturated rings. The minimum absolute atomic E-state index is 0.0494. The molecule has 26 heavy (non-hydrogen) atoms. The molecule has 1 heterocycles. The largest absolute Gasteiger partial charge is 0.326 e. The van der Waals surface area contributed by atoms with Crippen molar-refractivity contribution in [1.82, 2.24) is 0 Å². The van der Waals surface area contributed by atoms with Crippen LogP contribution in [-0.4, -0.2) is 23.3 Å². The van der Waals surface area contributed by atoms with Crippen molar-refractivity contribution in [3.63, 3.8) is 0 Å². The molecule has 3 rings (SSSR count). The van der Waals surface area contributed by atoms with Crippen molar-refractivity contribution in [3.8, 4) is 0 Å². The molecule has 0 saturated carbocycles. The van der Waals surface area contributed by atoms with Crippen LogP contribution in [0.3, 0.4) is 0 Å². The molecule has 0 bridgehead atoms. The zero-order chi connectivity index (χ0) is 18.8. The summed E-state index contributed by atoms with van der Waals surface area (Å²) in [5.41, 5.74) is 2.64. The zero-order valence-electron chi connectivity index (χ0n) is 14.6. The van der Waals surface area contributed by atoms with Crippen molar-refractivity contribution < 1.29 is 14.5 Å². The van der Waals surface area contributed by atoms with E-state index in [0.29, 0.717) is 17.8 Å². The second-order valence-electron chi connectivity index (χ2n) is 6.49. The lowest BCUT2D eigenvalue weighted by Crippen LogP contribution is -2.28. The highest BCUT2D eigenvalue weighted by atomic mass is 16.6. The molecule has 7 nitrogen and oxygen atoms in total. The number of rotatable bonds is 4. The second-order valence-corrected chi connectivity index (χ2v) is 6.49. The fourth-order valence-corrected chi connectivity index (χ4v) is 3.06. The van der Waals surface area contributed by atoms with Crippen LogP contribution in [0.5, 0.6) is 0 Å². The van der Waals surface area contributed by atoms with Gasteiger partial charge in [-0.2, -0.15) is 0 Å². The molecule has 1 aliphatic rings. The molecule has 7 heteroatoms. The first-order chi connectivity index (χ1) is 12.3. The minimum Gasteiger partial charge on any atom is -0.326 e. The average molecular weight is 353 g/mol. The van der Waals surface area contributed by atoms with E-state index in [0.717, 1.165) is 11.3 Å². The summed E-state index contributed by atoms with van der Waals surface area (Å²) in [6.07, 6.45) is 0.119. The first-order valence-electron chi connectivity index (χ1n) is 8.28. The molecule has 1 aliphatic heterocycles. The highest BCUT2D eigenvalue weighted by Crippen LogP contribution is 2.28. The summed E-state index contributed by atoms with van der Waals surface area (Å²) in [5, 5.41) is 13.7. The van der Waals surface area contributed by atoms with Gasteiger partial charge in [0.15, 0.2) is 0 Å². The number of nitrogens with one attached hydrogen (secondary N) is 1. The molecule has 134 valence electrons. The molecule has 0 aliphatic carbocycles. The smallest absolute Gasteiger partial charge is 0.274 e. The highest BCUT2D eigenvalue weighted by Gasteiger charge is 2.35. The van der Waals surface area contributed by atoms with E-state index >= 15 is 0 Å². The number of nitro benzene ring substituents is 1. The Morgan fingerprint density at radius 3 is 2.69 bits per heavy atom. The zero-order valence-corrected chi connectivity index (χ0v) is 14.6. The third kappa shape index (κ3) is 3.56. The molecular formula is C19H19N3O4. The first-order valence-corrected chi connectivity index (χ1v) is 8.28. The van der Waals surface area contributed by atoms with Gasteiger partial charge in [0.2, 0.25) is 11.8 Å². The number of carbonyl (C=O) groups is 2. The van der Waals surface area contributed by atoms with Gasteiger partial charge in [0.05, 0.1) is 10.8 Å². The summed E-state index contributed by atoms with van der Waals surface area (Å²) in [7, 11) is 0. The molecule has 2 amide bonds. The van der Waals surface area contributed by atoms with Gasteiger partial charge in [0, 0.05) is 36.0 Å². The van der Waals surface area contributed by atoms with Gasteiger partial charge in [0.1, 0.15) is 0 Å². The standard InChI is InChI=1S/C19H19N3O4/c1-12-4-3-5-16(8-12)21-11-14(9-18(21)23)19(24)20-15-7-6-13(2)17(10-15)22(25)26/h3-8,10,14H,9,11H2,1-2H3,(H,20,24)/t14-/m1/s1. The molecule has 0 aromatic heterocycles.